The summed E-state index contributed by atoms with van der Waals surface area (Å²) in [5.41, 5.74) is 3.44. The molecule has 2 aromatic rings. The van der Waals surface area contributed by atoms with E-state index in [1.54, 1.807) is 28.6 Å². The number of benzene rings is 2. The quantitative estimate of drug-likeness (QED) is 0.827. The number of hydrogen-bond acceptors (Lipinski definition) is 3. The highest BCUT2D eigenvalue weighted by Gasteiger charge is 2.25. The molecular formula is C21H26N2O3S. The van der Waals surface area contributed by atoms with Crippen LogP contribution in [0.2, 0.25) is 0 Å². The SMILES string of the molecule is Cc1ccc(C(C)NC(=O)c2ccc(CS(=O)(=O)N3CCCC3)cc2)cc1. The first kappa shape index (κ1) is 19.6. The summed E-state index contributed by atoms with van der Waals surface area (Å²) in [6, 6.07) is 14.8. The van der Waals surface area contributed by atoms with Gasteiger partial charge in [-0.25, -0.2) is 12.7 Å². The molecule has 0 radical (unpaired) electrons. The van der Waals surface area contributed by atoms with Crippen LogP contribution >= 0.6 is 0 Å². The summed E-state index contributed by atoms with van der Waals surface area (Å²) in [4.78, 5) is 12.5. The van der Waals surface area contributed by atoms with Crippen LogP contribution in [-0.4, -0.2) is 31.7 Å². The van der Waals surface area contributed by atoms with Gasteiger partial charge < -0.3 is 5.32 Å². The van der Waals surface area contributed by atoms with Crippen LogP contribution in [0.3, 0.4) is 0 Å². The van der Waals surface area contributed by atoms with Gasteiger partial charge in [-0.2, -0.15) is 0 Å². The number of nitrogens with one attached hydrogen (secondary N) is 1. The molecule has 0 bridgehead atoms. The molecule has 0 spiro atoms. The number of carbonyl (C=O) groups is 1. The summed E-state index contributed by atoms with van der Waals surface area (Å²) >= 11 is 0. The Morgan fingerprint density at radius 3 is 2.22 bits per heavy atom. The van der Waals surface area contributed by atoms with E-state index < -0.39 is 10.0 Å². The van der Waals surface area contributed by atoms with Crippen molar-refractivity contribution in [3.05, 3.63) is 70.8 Å². The van der Waals surface area contributed by atoms with Crippen LogP contribution in [0.5, 0.6) is 0 Å². The lowest BCUT2D eigenvalue weighted by Crippen LogP contribution is -2.29. The van der Waals surface area contributed by atoms with E-state index in [-0.39, 0.29) is 17.7 Å². The molecule has 0 saturated carbocycles. The molecule has 5 nitrogen and oxygen atoms in total. The van der Waals surface area contributed by atoms with E-state index in [1.165, 1.54) is 5.56 Å². The second-order valence-corrected chi connectivity index (χ2v) is 9.13. The minimum Gasteiger partial charge on any atom is -0.346 e. The van der Waals surface area contributed by atoms with Gasteiger partial charge in [0.2, 0.25) is 10.0 Å². The minimum absolute atomic E-state index is 0.0192. The van der Waals surface area contributed by atoms with E-state index in [9.17, 15) is 13.2 Å². The molecule has 144 valence electrons. The number of hydrogen-bond donors (Lipinski definition) is 1. The lowest BCUT2D eigenvalue weighted by Gasteiger charge is -2.16. The maximum Gasteiger partial charge on any atom is 0.251 e. The van der Waals surface area contributed by atoms with Crippen molar-refractivity contribution in [2.24, 2.45) is 0 Å². The number of sulfonamides is 1. The molecule has 1 saturated heterocycles. The van der Waals surface area contributed by atoms with E-state index in [0.29, 0.717) is 24.2 Å². The Morgan fingerprint density at radius 1 is 1.04 bits per heavy atom. The number of carbonyl (C=O) groups excluding carboxylic acids is 1. The zero-order chi connectivity index (χ0) is 19.4. The molecule has 6 heteroatoms. The van der Waals surface area contributed by atoms with Gasteiger partial charge in [0, 0.05) is 18.7 Å². The molecule has 1 amide bonds. The predicted molar refractivity (Wildman–Crippen MR) is 107 cm³/mol. The highest BCUT2D eigenvalue weighted by molar-refractivity contribution is 7.88. The second-order valence-electron chi connectivity index (χ2n) is 7.17. The molecule has 1 aliphatic rings. The first-order chi connectivity index (χ1) is 12.8. The fourth-order valence-corrected chi connectivity index (χ4v) is 4.85. The van der Waals surface area contributed by atoms with Crippen LogP contribution in [0.1, 0.15) is 52.9 Å². The van der Waals surface area contributed by atoms with Crippen LogP contribution in [0.25, 0.3) is 0 Å². The standard InChI is InChI=1S/C21H26N2O3S/c1-16-5-9-19(10-6-16)17(2)22-21(24)20-11-7-18(8-12-20)15-27(25,26)23-13-3-4-14-23/h5-12,17H,3-4,13-15H2,1-2H3,(H,22,24). The Kier molecular flexibility index (Phi) is 5.97. The minimum atomic E-state index is -3.27. The van der Waals surface area contributed by atoms with Crippen LogP contribution < -0.4 is 5.32 Å². The molecule has 1 unspecified atom stereocenters. The molecule has 0 aliphatic carbocycles. The Labute approximate surface area is 161 Å². The van der Waals surface area contributed by atoms with Crippen molar-refractivity contribution in [1.82, 2.24) is 9.62 Å². The van der Waals surface area contributed by atoms with Crippen LogP contribution in [0.15, 0.2) is 48.5 Å². The Balaban J connectivity index is 1.62. The van der Waals surface area contributed by atoms with E-state index in [2.05, 4.69) is 5.32 Å². The first-order valence-electron chi connectivity index (χ1n) is 9.29. The number of rotatable bonds is 6. The molecule has 1 atom stereocenters. The Bertz CT molecular complexity index is 884. The van der Waals surface area contributed by atoms with Crippen molar-refractivity contribution >= 4 is 15.9 Å². The Morgan fingerprint density at radius 2 is 1.63 bits per heavy atom. The van der Waals surface area contributed by atoms with E-state index in [4.69, 9.17) is 0 Å². The monoisotopic (exact) mass is 386 g/mol. The van der Waals surface area contributed by atoms with Crippen molar-refractivity contribution in [2.75, 3.05) is 13.1 Å². The molecule has 2 aromatic carbocycles. The van der Waals surface area contributed by atoms with Crippen molar-refractivity contribution < 1.29 is 13.2 Å². The van der Waals surface area contributed by atoms with Crippen LogP contribution in [0, 0.1) is 6.92 Å². The third kappa shape index (κ3) is 4.96. The summed E-state index contributed by atoms with van der Waals surface area (Å²) in [5.74, 6) is -0.189. The summed E-state index contributed by atoms with van der Waals surface area (Å²) in [5, 5.41) is 2.98. The van der Waals surface area contributed by atoms with Gasteiger partial charge in [-0.05, 0) is 49.9 Å². The smallest absolute Gasteiger partial charge is 0.251 e. The number of amides is 1. The highest BCUT2D eigenvalue weighted by Crippen LogP contribution is 2.18. The van der Waals surface area contributed by atoms with E-state index >= 15 is 0 Å². The van der Waals surface area contributed by atoms with Crippen LogP contribution in [-0.2, 0) is 15.8 Å². The average Bonchev–Trinajstić information content (AvgIpc) is 3.18. The van der Waals surface area contributed by atoms with Crippen molar-refractivity contribution in [3.8, 4) is 0 Å². The molecule has 1 heterocycles. The molecular weight excluding hydrogens is 360 g/mol. The normalized spacial score (nSPS) is 16.2. The lowest BCUT2D eigenvalue weighted by molar-refractivity contribution is 0.0940. The first-order valence-corrected chi connectivity index (χ1v) is 10.9. The predicted octanol–water partition coefficient (Wildman–Crippen LogP) is 3.41. The van der Waals surface area contributed by atoms with Gasteiger partial charge in [-0.3, -0.25) is 4.79 Å². The number of aryl methyl sites for hydroxylation is 1. The van der Waals surface area contributed by atoms with Gasteiger partial charge in [0.1, 0.15) is 0 Å². The van der Waals surface area contributed by atoms with Crippen molar-refractivity contribution in [2.45, 2.75) is 38.5 Å². The summed E-state index contributed by atoms with van der Waals surface area (Å²) in [6.45, 7) is 5.19. The van der Waals surface area contributed by atoms with Gasteiger partial charge >= 0.3 is 0 Å². The highest BCUT2D eigenvalue weighted by atomic mass is 32.2. The maximum atomic E-state index is 12.5. The maximum absolute atomic E-state index is 12.5. The molecule has 1 N–H and O–H groups in total. The molecule has 3 rings (SSSR count). The van der Waals surface area contributed by atoms with Crippen molar-refractivity contribution in [3.63, 3.8) is 0 Å². The van der Waals surface area contributed by atoms with Crippen LogP contribution in [0.4, 0.5) is 0 Å². The number of nitrogens with zero attached hydrogens (tertiary/aromatic N) is 1. The zero-order valence-electron chi connectivity index (χ0n) is 15.8. The van der Waals surface area contributed by atoms with Crippen molar-refractivity contribution in [1.29, 1.82) is 0 Å². The summed E-state index contributed by atoms with van der Waals surface area (Å²) in [6.07, 6.45) is 1.86. The Hall–Kier alpha value is -2.18. The molecule has 27 heavy (non-hydrogen) atoms. The van der Waals surface area contributed by atoms with Gasteiger partial charge in [0.25, 0.3) is 5.91 Å². The topological polar surface area (TPSA) is 66.5 Å². The fraction of sp³-hybridized carbons (Fsp3) is 0.381. The molecule has 0 aromatic heterocycles. The molecule has 1 fully saturated rings. The molecule has 1 aliphatic heterocycles. The van der Waals surface area contributed by atoms with Gasteiger partial charge in [-0.1, -0.05) is 42.0 Å². The van der Waals surface area contributed by atoms with Gasteiger partial charge in [0.15, 0.2) is 0 Å². The fourth-order valence-electron chi connectivity index (χ4n) is 3.24. The van der Waals surface area contributed by atoms with Gasteiger partial charge in [0.05, 0.1) is 11.8 Å². The zero-order valence-corrected chi connectivity index (χ0v) is 16.6. The van der Waals surface area contributed by atoms with E-state index in [1.807, 2.05) is 38.1 Å². The summed E-state index contributed by atoms with van der Waals surface area (Å²) in [7, 11) is -3.27. The largest absolute Gasteiger partial charge is 0.346 e. The average molecular weight is 387 g/mol. The van der Waals surface area contributed by atoms with Gasteiger partial charge in [-0.15, -0.1) is 0 Å². The third-order valence-corrected chi connectivity index (χ3v) is 6.80. The van der Waals surface area contributed by atoms with E-state index in [0.717, 1.165) is 18.4 Å². The second kappa shape index (κ2) is 8.23. The summed E-state index contributed by atoms with van der Waals surface area (Å²) < 4.78 is 26.3. The third-order valence-electron chi connectivity index (χ3n) is 4.95. The lowest BCUT2D eigenvalue weighted by atomic mass is 10.1.